The number of carbonyl (C=O) groups excluding carboxylic acids is 1. The van der Waals surface area contributed by atoms with Crippen molar-refractivity contribution in [1.29, 1.82) is 0 Å². The Kier molecular flexibility index (Phi) is 5.67. The van der Waals surface area contributed by atoms with Gasteiger partial charge in [0.2, 0.25) is 5.91 Å². The largest absolute Gasteiger partial charge is 0.310 e. The van der Waals surface area contributed by atoms with Crippen LogP contribution in [0, 0.1) is 6.92 Å². The molecule has 3 aromatic rings. The highest BCUT2D eigenvalue weighted by Gasteiger charge is 2.33. The summed E-state index contributed by atoms with van der Waals surface area (Å²) in [6.45, 7) is 2.03. The molecule has 0 aliphatic carbocycles. The summed E-state index contributed by atoms with van der Waals surface area (Å²) in [7, 11) is 0. The van der Waals surface area contributed by atoms with E-state index in [0.29, 0.717) is 32.1 Å². The van der Waals surface area contributed by atoms with E-state index in [2.05, 4.69) is 15.3 Å². The number of hydrogen-bond donors (Lipinski definition) is 2. The summed E-state index contributed by atoms with van der Waals surface area (Å²) >= 11 is 14.1. The number of carbonyl (C=O) groups is 1. The van der Waals surface area contributed by atoms with E-state index in [4.69, 9.17) is 23.2 Å². The van der Waals surface area contributed by atoms with Crippen molar-refractivity contribution >= 4 is 46.7 Å². The third kappa shape index (κ3) is 4.20. The molecule has 148 valence electrons. The van der Waals surface area contributed by atoms with Gasteiger partial charge in [-0.2, -0.15) is 0 Å². The van der Waals surface area contributed by atoms with Crippen molar-refractivity contribution in [3.05, 3.63) is 85.1 Å². The molecule has 0 radical (unpaired) electrons. The molecule has 2 N–H and O–H groups in total. The molecule has 0 fully saturated rings. The molecular weight excluding hydrogens is 429 g/mol. The predicted molar refractivity (Wildman–Crippen MR) is 117 cm³/mol. The summed E-state index contributed by atoms with van der Waals surface area (Å²) in [5.41, 5.74) is 2.94. The lowest BCUT2D eigenvalue weighted by Gasteiger charge is -2.25. The number of thioether (sulfide) groups is 1. The lowest BCUT2D eigenvalue weighted by atomic mass is 9.87. The van der Waals surface area contributed by atoms with Crippen molar-refractivity contribution in [1.82, 2.24) is 9.97 Å². The van der Waals surface area contributed by atoms with Crippen LogP contribution >= 0.6 is 35.0 Å². The Bertz CT molecular complexity index is 1130. The summed E-state index contributed by atoms with van der Waals surface area (Å²) in [5.74, 6) is 0.131. The Balaban J connectivity index is 1.69. The minimum atomic E-state index is -0.549. The van der Waals surface area contributed by atoms with Crippen LogP contribution < -0.4 is 10.9 Å². The van der Waals surface area contributed by atoms with Gasteiger partial charge in [0, 0.05) is 28.1 Å². The van der Waals surface area contributed by atoms with Gasteiger partial charge < -0.3 is 10.3 Å². The number of aryl methyl sites for hydroxylation is 1. The molecule has 2 heterocycles. The van der Waals surface area contributed by atoms with Gasteiger partial charge in [0.1, 0.15) is 5.82 Å². The molecule has 0 saturated heterocycles. The Morgan fingerprint density at radius 3 is 2.45 bits per heavy atom. The predicted octanol–water partition coefficient (Wildman–Crippen LogP) is 5.15. The second kappa shape index (κ2) is 8.22. The van der Waals surface area contributed by atoms with Gasteiger partial charge in [0.15, 0.2) is 5.16 Å². The van der Waals surface area contributed by atoms with Gasteiger partial charge in [-0.05, 0) is 30.2 Å². The minimum absolute atomic E-state index is 0.0804. The van der Waals surface area contributed by atoms with Crippen molar-refractivity contribution in [3.63, 3.8) is 0 Å². The van der Waals surface area contributed by atoms with Gasteiger partial charge >= 0.3 is 0 Å². The summed E-state index contributed by atoms with van der Waals surface area (Å²) < 4.78 is 0. The molecule has 0 saturated carbocycles. The third-order valence-electron chi connectivity index (χ3n) is 4.77. The van der Waals surface area contributed by atoms with Crippen LogP contribution in [0.25, 0.3) is 0 Å². The van der Waals surface area contributed by atoms with Crippen molar-refractivity contribution in [2.24, 2.45) is 0 Å². The number of hydrogen-bond acceptors (Lipinski definition) is 4. The second-order valence-electron chi connectivity index (χ2n) is 6.85. The zero-order valence-electron chi connectivity index (χ0n) is 15.5. The zero-order chi connectivity index (χ0) is 20.5. The number of aromatic amines is 1. The fourth-order valence-corrected chi connectivity index (χ4v) is 4.82. The van der Waals surface area contributed by atoms with E-state index >= 15 is 0 Å². The number of anilines is 1. The van der Waals surface area contributed by atoms with E-state index in [9.17, 15) is 9.59 Å². The van der Waals surface area contributed by atoms with Crippen molar-refractivity contribution in [2.75, 3.05) is 5.32 Å². The number of nitrogens with zero attached hydrogens (tertiary/aromatic N) is 1. The van der Waals surface area contributed by atoms with Crippen LogP contribution in [-0.4, -0.2) is 15.9 Å². The summed E-state index contributed by atoms with van der Waals surface area (Å²) in [6, 6.07) is 13.3. The smallest absolute Gasteiger partial charge is 0.257 e. The Labute approximate surface area is 181 Å². The normalized spacial score (nSPS) is 15.7. The SMILES string of the molecule is Cc1ccc(CSc2nc3c(c(=O)[nH]2)C(c2c(Cl)cccc2Cl)CC(=O)N3)cc1. The molecule has 4 rings (SSSR count). The van der Waals surface area contributed by atoms with E-state index in [1.54, 1.807) is 18.2 Å². The zero-order valence-corrected chi connectivity index (χ0v) is 17.8. The second-order valence-corrected chi connectivity index (χ2v) is 8.63. The number of halogens is 2. The topological polar surface area (TPSA) is 74.8 Å². The van der Waals surface area contributed by atoms with Gasteiger partial charge in [-0.1, -0.05) is 70.9 Å². The first kappa shape index (κ1) is 20.0. The highest BCUT2D eigenvalue weighted by Crippen LogP contribution is 2.41. The average molecular weight is 446 g/mol. The monoisotopic (exact) mass is 445 g/mol. The lowest BCUT2D eigenvalue weighted by Crippen LogP contribution is -2.31. The number of H-pyrrole nitrogens is 1. The van der Waals surface area contributed by atoms with E-state index in [0.717, 1.165) is 5.56 Å². The number of fused-ring (bicyclic) bond motifs is 1. The maximum absolute atomic E-state index is 12.9. The first-order valence-electron chi connectivity index (χ1n) is 8.98. The molecule has 1 unspecified atom stereocenters. The molecule has 1 aliphatic rings. The standard InChI is InChI=1S/C21H17Cl2N3O2S/c1-11-5-7-12(8-6-11)10-29-21-25-19-18(20(28)26-21)13(9-16(27)24-19)17-14(22)3-2-4-15(17)23/h2-8,13H,9-10H2,1H3,(H2,24,25,26,27,28). The molecule has 1 amide bonds. The highest BCUT2D eigenvalue weighted by molar-refractivity contribution is 7.98. The fourth-order valence-electron chi connectivity index (χ4n) is 3.35. The molecule has 0 bridgehead atoms. The van der Waals surface area contributed by atoms with Crippen LogP contribution in [0.4, 0.5) is 5.82 Å². The van der Waals surface area contributed by atoms with Crippen LogP contribution in [-0.2, 0) is 10.5 Å². The third-order valence-corrected chi connectivity index (χ3v) is 6.38. The number of rotatable bonds is 4. The highest BCUT2D eigenvalue weighted by atomic mass is 35.5. The summed E-state index contributed by atoms with van der Waals surface area (Å²) in [5, 5.41) is 3.99. The Morgan fingerprint density at radius 2 is 1.76 bits per heavy atom. The summed E-state index contributed by atoms with van der Waals surface area (Å²) in [6.07, 6.45) is 0.0804. The molecule has 1 aromatic heterocycles. The van der Waals surface area contributed by atoms with Gasteiger partial charge in [0.05, 0.1) is 5.56 Å². The number of amides is 1. The summed E-state index contributed by atoms with van der Waals surface area (Å²) in [4.78, 5) is 32.5. The molecule has 29 heavy (non-hydrogen) atoms. The van der Waals surface area contributed by atoms with Crippen LogP contribution in [0.2, 0.25) is 10.0 Å². The van der Waals surface area contributed by atoms with Crippen molar-refractivity contribution in [3.8, 4) is 0 Å². The maximum Gasteiger partial charge on any atom is 0.257 e. The minimum Gasteiger partial charge on any atom is -0.310 e. The Hall–Kier alpha value is -2.28. The van der Waals surface area contributed by atoms with Crippen LogP contribution in [0.15, 0.2) is 52.4 Å². The number of benzene rings is 2. The first-order chi connectivity index (χ1) is 13.9. The van der Waals surface area contributed by atoms with Crippen molar-refractivity contribution < 1.29 is 4.79 Å². The first-order valence-corrected chi connectivity index (χ1v) is 10.7. The van der Waals surface area contributed by atoms with E-state index < -0.39 is 5.92 Å². The van der Waals surface area contributed by atoms with E-state index in [1.807, 2.05) is 31.2 Å². The molecule has 1 aliphatic heterocycles. The van der Waals surface area contributed by atoms with E-state index in [1.165, 1.54) is 17.3 Å². The molecule has 0 spiro atoms. The molecule has 2 aromatic carbocycles. The van der Waals surface area contributed by atoms with Crippen LogP contribution in [0.3, 0.4) is 0 Å². The fraction of sp³-hybridized carbons (Fsp3) is 0.190. The maximum atomic E-state index is 12.9. The molecule has 8 heteroatoms. The van der Waals surface area contributed by atoms with Crippen LogP contribution in [0.1, 0.15) is 34.6 Å². The molecule has 1 atom stereocenters. The quantitative estimate of drug-likeness (QED) is 0.429. The number of aromatic nitrogens is 2. The lowest BCUT2D eigenvalue weighted by molar-refractivity contribution is -0.116. The van der Waals surface area contributed by atoms with Gasteiger partial charge in [-0.25, -0.2) is 4.98 Å². The molecule has 5 nitrogen and oxygen atoms in total. The van der Waals surface area contributed by atoms with E-state index in [-0.39, 0.29) is 23.7 Å². The Morgan fingerprint density at radius 1 is 1.07 bits per heavy atom. The molecular formula is C21H17Cl2N3O2S. The van der Waals surface area contributed by atoms with Crippen molar-refractivity contribution in [2.45, 2.75) is 30.2 Å². The average Bonchev–Trinajstić information content (AvgIpc) is 2.67. The van der Waals surface area contributed by atoms with Crippen LogP contribution in [0.5, 0.6) is 0 Å². The van der Waals surface area contributed by atoms with Gasteiger partial charge in [-0.15, -0.1) is 0 Å². The van der Waals surface area contributed by atoms with Gasteiger partial charge in [0.25, 0.3) is 5.56 Å². The number of nitrogens with one attached hydrogen (secondary N) is 2. The van der Waals surface area contributed by atoms with Gasteiger partial charge in [-0.3, -0.25) is 9.59 Å².